The van der Waals surface area contributed by atoms with Gasteiger partial charge in [-0.3, -0.25) is 9.59 Å². The second-order valence-corrected chi connectivity index (χ2v) is 5.39. The van der Waals surface area contributed by atoms with E-state index in [9.17, 15) is 19.2 Å². The zero-order valence-corrected chi connectivity index (χ0v) is 14.4. The van der Waals surface area contributed by atoms with E-state index in [4.69, 9.17) is 15.3 Å². The maximum atomic E-state index is 12.2. The van der Waals surface area contributed by atoms with E-state index in [-0.39, 0.29) is 5.78 Å². The highest BCUT2D eigenvalue weighted by Crippen LogP contribution is 2.18. The Kier molecular flexibility index (Phi) is 8.12. The van der Waals surface area contributed by atoms with Crippen molar-refractivity contribution in [2.45, 2.75) is 12.8 Å². The van der Waals surface area contributed by atoms with Gasteiger partial charge in [-0.05, 0) is 18.6 Å². The van der Waals surface area contributed by atoms with Gasteiger partial charge >= 0.3 is 17.9 Å². The van der Waals surface area contributed by atoms with Crippen LogP contribution in [-0.2, 0) is 14.4 Å². The third-order valence-corrected chi connectivity index (χ3v) is 3.42. The summed E-state index contributed by atoms with van der Waals surface area (Å²) in [6.07, 6.45) is 1.12. The van der Waals surface area contributed by atoms with Crippen LogP contribution in [0.25, 0.3) is 0 Å². The molecule has 1 unspecified atom stereocenters. The maximum absolute atomic E-state index is 12.2. The van der Waals surface area contributed by atoms with Crippen LogP contribution in [0.4, 0.5) is 0 Å². The summed E-state index contributed by atoms with van der Waals surface area (Å²) >= 11 is 0. The summed E-state index contributed by atoms with van der Waals surface area (Å²) < 4.78 is 0. The fraction of sp³-hybridized carbons (Fsp3) is 0.100. The predicted octanol–water partition coefficient (Wildman–Crippen LogP) is 2.82. The number of benzene rings is 2. The van der Waals surface area contributed by atoms with Gasteiger partial charge in [0.2, 0.25) is 0 Å². The number of hydrogen-bond donors (Lipinski definition) is 3. The Morgan fingerprint density at radius 2 is 1.30 bits per heavy atom. The van der Waals surface area contributed by atoms with Gasteiger partial charge in [-0.2, -0.15) is 0 Å². The second-order valence-electron chi connectivity index (χ2n) is 5.39. The molecule has 140 valence electrons. The van der Waals surface area contributed by atoms with Crippen LogP contribution in [0.5, 0.6) is 0 Å². The lowest BCUT2D eigenvalue weighted by atomic mass is 9.96. The Morgan fingerprint density at radius 1 is 0.778 bits per heavy atom. The summed E-state index contributed by atoms with van der Waals surface area (Å²) in [5.41, 5.74) is 1.74. The van der Waals surface area contributed by atoms with Gasteiger partial charge in [0.05, 0.1) is 5.92 Å². The Labute approximate surface area is 155 Å². The lowest BCUT2D eigenvalue weighted by Gasteiger charge is -2.08. The van der Waals surface area contributed by atoms with Crippen molar-refractivity contribution in [1.82, 2.24) is 0 Å². The SMILES string of the molecule is CC(C(=O)O)c1cccc(C(=O)c2ccccc2)c1.O=C(O)/C=C/C(=O)O. The first kappa shape index (κ1) is 21.3. The minimum absolute atomic E-state index is 0.0972. The van der Waals surface area contributed by atoms with Crippen LogP contribution in [0, 0.1) is 0 Å². The molecule has 0 aliphatic heterocycles. The minimum atomic E-state index is -1.26. The van der Waals surface area contributed by atoms with Crippen LogP contribution < -0.4 is 0 Å². The topological polar surface area (TPSA) is 129 Å². The third kappa shape index (κ3) is 7.35. The van der Waals surface area contributed by atoms with Crippen molar-refractivity contribution in [3.8, 4) is 0 Å². The van der Waals surface area contributed by atoms with Gasteiger partial charge in [-0.1, -0.05) is 48.5 Å². The van der Waals surface area contributed by atoms with Crippen LogP contribution in [0.3, 0.4) is 0 Å². The fourth-order valence-corrected chi connectivity index (χ4v) is 1.99. The van der Waals surface area contributed by atoms with E-state index in [1.54, 1.807) is 55.5 Å². The van der Waals surface area contributed by atoms with Crippen molar-refractivity contribution in [3.05, 3.63) is 83.4 Å². The number of carboxylic acids is 3. The normalized spacial score (nSPS) is 11.1. The summed E-state index contributed by atoms with van der Waals surface area (Å²) in [6.45, 7) is 1.61. The van der Waals surface area contributed by atoms with Crippen molar-refractivity contribution in [2.24, 2.45) is 0 Å². The number of ketones is 1. The van der Waals surface area contributed by atoms with E-state index in [0.717, 1.165) is 0 Å². The standard InChI is InChI=1S/C16H14O3.C4H4O4/c1-11(16(18)19)13-8-5-9-14(10-13)15(17)12-6-3-2-4-7-12;5-3(6)1-2-4(7)8/h2-11H,1H3,(H,18,19);1-2H,(H,5,6)(H,7,8)/b;2-1+. The first-order valence-electron chi connectivity index (χ1n) is 7.78. The predicted molar refractivity (Wildman–Crippen MR) is 96.8 cm³/mol. The molecule has 7 heteroatoms. The molecule has 0 fully saturated rings. The molecule has 2 rings (SSSR count). The fourth-order valence-electron chi connectivity index (χ4n) is 1.99. The Morgan fingerprint density at radius 3 is 1.78 bits per heavy atom. The molecule has 0 aromatic heterocycles. The Hall–Kier alpha value is -3.74. The molecule has 0 saturated heterocycles. The average molecular weight is 370 g/mol. The molecule has 0 bridgehead atoms. The third-order valence-electron chi connectivity index (χ3n) is 3.42. The van der Waals surface area contributed by atoms with E-state index in [1.807, 2.05) is 6.07 Å². The molecule has 0 aliphatic carbocycles. The van der Waals surface area contributed by atoms with E-state index in [2.05, 4.69) is 0 Å². The number of carbonyl (C=O) groups is 4. The lowest BCUT2D eigenvalue weighted by Crippen LogP contribution is -2.09. The van der Waals surface area contributed by atoms with Crippen LogP contribution >= 0.6 is 0 Å². The zero-order chi connectivity index (χ0) is 20.4. The molecule has 2 aromatic rings. The van der Waals surface area contributed by atoms with Crippen LogP contribution in [0.15, 0.2) is 66.7 Å². The molecule has 0 spiro atoms. The number of carboxylic acid groups (broad SMARTS) is 3. The van der Waals surface area contributed by atoms with E-state index in [1.165, 1.54) is 0 Å². The Bertz CT molecular complexity index is 838. The summed E-state index contributed by atoms with van der Waals surface area (Å²) in [4.78, 5) is 42.3. The van der Waals surface area contributed by atoms with Crippen molar-refractivity contribution >= 4 is 23.7 Å². The van der Waals surface area contributed by atoms with E-state index in [0.29, 0.717) is 28.8 Å². The summed E-state index contributed by atoms with van der Waals surface area (Å²) in [5, 5.41) is 24.6. The molecule has 0 heterocycles. The van der Waals surface area contributed by atoms with Crippen molar-refractivity contribution in [2.75, 3.05) is 0 Å². The summed E-state index contributed by atoms with van der Waals surface area (Å²) in [5.74, 6) is -4.13. The van der Waals surface area contributed by atoms with Crippen molar-refractivity contribution < 1.29 is 34.5 Å². The van der Waals surface area contributed by atoms with Gasteiger partial charge in [-0.25, -0.2) is 9.59 Å². The van der Waals surface area contributed by atoms with Gasteiger partial charge < -0.3 is 15.3 Å². The van der Waals surface area contributed by atoms with Crippen LogP contribution in [-0.4, -0.2) is 39.0 Å². The minimum Gasteiger partial charge on any atom is -0.481 e. The monoisotopic (exact) mass is 370 g/mol. The maximum Gasteiger partial charge on any atom is 0.328 e. The molecule has 0 saturated carbocycles. The Balaban J connectivity index is 0.000000387. The lowest BCUT2D eigenvalue weighted by molar-refractivity contribution is -0.138. The molecule has 27 heavy (non-hydrogen) atoms. The molecule has 2 aromatic carbocycles. The number of hydrogen-bond acceptors (Lipinski definition) is 4. The van der Waals surface area contributed by atoms with E-state index >= 15 is 0 Å². The number of carbonyl (C=O) groups excluding carboxylic acids is 1. The van der Waals surface area contributed by atoms with Gasteiger partial charge in [0.15, 0.2) is 5.78 Å². The average Bonchev–Trinajstić information content (AvgIpc) is 2.66. The summed E-state index contributed by atoms with van der Waals surface area (Å²) in [7, 11) is 0. The first-order valence-corrected chi connectivity index (χ1v) is 7.78. The van der Waals surface area contributed by atoms with Gasteiger partial charge in [-0.15, -0.1) is 0 Å². The molecule has 7 nitrogen and oxygen atoms in total. The van der Waals surface area contributed by atoms with Gasteiger partial charge in [0.25, 0.3) is 0 Å². The highest BCUT2D eigenvalue weighted by Gasteiger charge is 2.16. The molecular weight excluding hydrogens is 352 g/mol. The smallest absolute Gasteiger partial charge is 0.328 e. The van der Waals surface area contributed by atoms with Crippen molar-refractivity contribution in [1.29, 1.82) is 0 Å². The van der Waals surface area contributed by atoms with Crippen LogP contribution in [0.1, 0.15) is 34.3 Å². The highest BCUT2D eigenvalue weighted by atomic mass is 16.4. The van der Waals surface area contributed by atoms with Crippen molar-refractivity contribution in [3.63, 3.8) is 0 Å². The molecule has 0 amide bonds. The largest absolute Gasteiger partial charge is 0.481 e. The van der Waals surface area contributed by atoms with Gasteiger partial charge in [0, 0.05) is 23.3 Å². The molecule has 3 N–H and O–H groups in total. The second kappa shape index (κ2) is 10.3. The van der Waals surface area contributed by atoms with E-state index < -0.39 is 23.8 Å². The zero-order valence-electron chi connectivity index (χ0n) is 14.4. The molecule has 0 radical (unpaired) electrons. The molecular formula is C20H18O7. The summed E-state index contributed by atoms with van der Waals surface area (Å²) in [6, 6.07) is 15.7. The molecule has 0 aliphatic rings. The first-order chi connectivity index (χ1) is 12.7. The van der Waals surface area contributed by atoms with Gasteiger partial charge in [0.1, 0.15) is 0 Å². The number of rotatable bonds is 6. The van der Waals surface area contributed by atoms with Crippen LogP contribution in [0.2, 0.25) is 0 Å². The molecule has 1 atom stereocenters. The quantitative estimate of drug-likeness (QED) is 0.527. The number of aliphatic carboxylic acids is 3. The highest BCUT2D eigenvalue weighted by molar-refractivity contribution is 6.09.